The third kappa shape index (κ3) is 2.48. The van der Waals surface area contributed by atoms with E-state index in [2.05, 4.69) is 54.6 Å². The number of rotatable bonds is 3. The molecule has 2 heterocycles. The number of nitrogens with zero attached hydrogens (tertiary/aromatic N) is 3. The molecule has 5 heteroatoms. The molecule has 2 aromatic rings. The van der Waals surface area contributed by atoms with Gasteiger partial charge in [-0.2, -0.15) is 5.01 Å². The van der Waals surface area contributed by atoms with Gasteiger partial charge in [0, 0.05) is 23.7 Å². The van der Waals surface area contributed by atoms with E-state index in [1.807, 2.05) is 22.0 Å². The summed E-state index contributed by atoms with van der Waals surface area (Å²) in [6, 6.07) is 16.9. The number of hydrazine groups is 1. The maximum Gasteiger partial charge on any atom is 0.340 e. The molecule has 0 aromatic heterocycles. The molecule has 1 unspecified atom stereocenters. The van der Waals surface area contributed by atoms with Gasteiger partial charge in [-0.15, -0.1) is 11.8 Å². The zero-order chi connectivity index (χ0) is 16.7. The van der Waals surface area contributed by atoms with E-state index in [1.54, 1.807) is 11.8 Å². The Morgan fingerprint density at radius 2 is 1.71 bits per heavy atom. The quantitative estimate of drug-likeness (QED) is 0.781. The summed E-state index contributed by atoms with van der Waals surface area (Å²) in [5.74, 6) is 0. The Morgan fingerprint density at radius 1 is 1.00 bits per heavy atom. The minimum atomic E-state index is -0.0549. The highest BCUT2D eigenvalue weighted by Gasteiger charge is 2.47. The van der Waals surface area contributed by atoms with Crippen molar-refractivity contribution in [3.63, 3.8) is 0 Å². The van der Waals surface area contributed by atoms with Crippen LogP contribution in [0.4, 0.5) is 10.5 Å². The lowest BCUT2D eigenvalue weighted by atomic mass is 10.1. The van der Waals surface area contributed by atoms with Crippen LogP contribution in [0.15, 0.2) is 53.4 Å². The maximum atomic E-state index is 13.0. The average Bonchev–Trinajstić information content (AvgIpc) is 3.18. The first-order valence-corrected chi connectivity index (χ1v) is 9.49. The van der Waals surface area contributed by atoms with Crippen LogP contribution in [-0.4, -0.2) is 35.4 Å². The number of aryl methyl sites for hydroxylation is 1. The summed E-state index contributed by atoms with van der Waals surface area (Å²) < 4.78 is 0. The van der Waals surface area contributed by atoms with E-state index in [0.29, 0.717) is 0 Å². The van der Waals surface area contributed by atoms with Crippen molar-refractivity contribution in [1.82, 2.24) is 10.0 Å². The van der Waals surface area contributed by atoms with Crippen LogP contribution in [0, 0.1) is 6.92 Å². The number of fused-ring (bicyclic) bond motifs is 1. The summed E-state index contributed by atoms with van der Waals surface area (Å²) in [5, 5.41) is 4.10. The van der Waals surface area contributed by atoms with Crippen LogP contribution < -0.4 is 4.90 Å². The Morgan fingerprint density at radius 3 is 2.38 bits per heavy atom. The molecule has 2 aliphatic heterocycles. The van der Waals surface area contributed by atoms with Gasteiger partial charge >= 0.3 is 6.03 Å². The van der Waals surface area contributed by atoms with Crippen LogP contribution in [0.25, 0.3) is 0 Å². The van der Waals surface area contributed by atoms with E-state index in [9.17, 15) is 4.79 Å². The first-order chi connectivity index (χ1) is 11.7. The molecule has 0 spiro atoms. The summed E-state index contributed by atoms with van der Waals surface area (Å²) in [6.07, 6.45) is 3.04. The van der Waals surface area contributed by atoms with Gasteiger partial charge in [0.05, 0.1) is 0 Å². The van der Waals surface area contributed by atoms with Gasteiger partial charge in [-0.1, -0.05) is 29.8 Å². The molecule has 2 aliphatic rings. The number of carbonyl (C=O) groups is 1. The van der Waals surface area contributed by atoms with E-state index in [4.69, 9.17) is 0 Å². The molecule has 0 aliphatic carbocycles. The van der Waals surface area contributed by atoms with Crippen molar-refractivity contribution in [3.05, 3.63) is 59.7 Å². The molecule has 0 N–H and O–H groups in total. The Bertz CT molecular complexity index is 744. The predicted molar refractivity (Wildman–Crippen MR) is 98.0 cm³/mol. The number of amides is 2. The standard InChI is InChI=1S/C19H21N3OS/c1-14-4-6-15(7-5-14)18-20-12-3-13-21(20)19(23)22(18)16-8-10-17(24-2)11-9-16/h4-11,18H,3,12-13H2,1-2H3. The lowest BCUT2D eigenvalue weighted by Crippen LogP contribution is -2.32. The maximum absolute atomic E-state index is 13.0. The summed E-state index contributed by atoms with van der Waals surface area (Å²) in [7, 11) is 0. The summed E-state index contributed by atoms with van der Waals surface area (Å²) in [4.78, 5) is 16.1. The van der Waals surface area contributed by atoms with Crippen molar-refractivity contribution in [2.45, 2.75) is 24.4 Å². The number of anilines is 1. The van der Waals surface area contributed by atoms with Gasteiger partial charge in [0.15, 0.2) is 0 Å². The van der Waals surface area contributed by atoms with Gasteiger partial charge in [-0.3, -0.25) is 9.91 Å². The second-order valence-corrected chi connectivity index (χ2v) is 7.15. The zero-order valence-electron chi connectivity index (χ0n) is 14.0. The second-order valence-electron chi connectivity index (χ2n) is 6.27. The lowest BCUT2D eigenvalue weighted by molar-refractivity contribution is 0.0728. The van der Waals surface area contributed by atoms with E-state index in [-0.39, 0.29) is 12.2 Å². The fourth-order valence-corrected chi connectivity index (χ4v) is 3.92. The number of hydrogen-bond acceptors (Lipinski definition) is 3. The lowest BCUT2D eigenvalue weighted by Gasteiger charge is -2.28. The van der Waals surface area contributed by atoms with E-state index in [0.717, 1.165) is 30.8 Å². The molecule has 2 fully saturated rings. The topological polar surface area (TPSA) is 26.8 Å². The van der Waals surface area contributed by atoms with Crippen LogP contribution >= 0.6 is 11.8 Å². The Kier molecular flexibility index (Phi) is 3.98. The van der Waals surface area contributed by atoms with Gasteiger partial charge in [0.25, 0.3) is 0 Å². The minimum absolute atomic E-state index is 0.0549. The number of benzene rings is 2. The molecular formula is C19H21N3OS. The first kappa shape index (κ1) is 15.5. The van der Waals surface area contributed by atoms with Gasteiger partial charge in [-0.05, 0) is 49.4 Å². The van der Waals surface area contributed by atoms with Crippen LogP contribution in [0.3, 0.4) is 0 Å². The number of hydrogen-bond donors (Lipinski definition) is 0. The SMILES string of the molecule is CSc1ccc(N2C(=O)N3CCCN3C2c2ccc(C)cc2)cc1. The normalized spacial score (nSPS) is 20.8. The van der Waals surface area contributed by atoms with Crippen LogP contribution in [-0.2, 0) is 0 Å². The highest BCUT2D eigenvalue weighted by atomic mass is 32.2. The number of carbonyl (C=O) groups excluding carboxylic acids is 1. The molecule has 0 saturated carbocycles. The van der Waals surface area contributed by atoms with E-state index in [1.165, 1.54) is 10.5 Å². The molecule has 1 atom stereocenters. The second kappa shape index (κ2) is 6.15. The molecule has 2 amide bonds. The summed E-state index contributed by atoms with van der Waals surface area (Å²) >= 11 is 1.71. The van der Waals surface area contributed by atoms with E-state index >= 15 is 0 Å². The van der Waals surface area contributed by atoms with Crippen molar-refractivity contribution < 1.29 is 4.79 Å². The number of thioether (sulfide) groups is 1. The Balaban J connectivity index is 1.76. The Hall–Kier alpha value is -1.98. The molecule has 2 saturated heterocycles. The summed E-state index contributed by atoms with van der Waals surface area (Å²) in [6.45, 7) is 3.81. The smallest absolute Gasteiger partial charge is 0.271 e. The van der Waals surface area contributed by atoms with Gasteiger partial charge in [0.1, 0.15) is 6.17 Å². The third-order valence-electron chi connectivity index (χ3n) is 4.75. The van der Waals surface area contributed by atoms with Crippen molar-refractivity contribution >= 4 is 23.5 Å². The largest absolute Gasteiger partial charge is 0.340 e. The van der Waals surface area contributed by atoms with Crippen molar-refractivity contribution in [3.8, 4) is 0 Å². The molecule has 0 radical (unpaired) electrons. The molecular weight excluding hydrogens is 318 g/mol. The first-order valence-electron chi connectivity index (χ1n) is 8.27. The summed E-state index contributed by atoms with van der Waals surface area (Å²) in [5.41, 5.74) is 3.35. The Labute approximate surface area is 147 Å². The van der Waals surface area contributed by atoms with Crippen molar-refractivity contribution in [2.75, 3.05) is 24.2 Å². The molecule has 4 rings (SSSR count). The molecule has 4 nitrogen and oxygen atoms in total. The van der Waals surface area contributed by atoms with Crippen molar-refractivity contribution in [2.24, 2.45) is 0 Å². The van der Waals surface area contributed by atoms with Crippen LogP contribution in [0.1, 0.15) is 23.7 Å². The molecule has 124 valence electrons. The molecule has 2 aromatic carbocycles. The van der Waals surface area contributed by atoms with Gasteiger partial charge in [-0.25, -0.2) is 4.79 Å². The van der Waals surface area contributed by atoms with Crippen LogP contribution in [0.2, 0.25) is 0 Å². The minimum Gasteiger partial charge on any atom is -0.271 e. The highest BCUT2D eigenvalue weighted by Crippen LogP contribution is 2.40. The monoisotopic (exact) mass is 339 g/mol. The van der Waals surface area contributed by atoms with E-state index < -0.39 is 0 Å². The van der Waals surface area contributed by atoms with Gasteiger partial charge < -0.3 is 0 Å². The number of urea groups is 1. The molecule has 24 heavy (non-hydrogen) atoms. The third-order valence-corrected chi connectivity index (χ3v) is 5.49. The van der Waals surface area contributed by atoms with Crippen molar-refractivity contribution in [1.29, 1.82) is 0 Å². The highest BCUT2D eigenvalue weighted by molar-refractivity contribution is 7.98. The molecule has 0 bridgehead atoms. The van der Waals surface area contributed by atoms with Gasteiger partial charge in [0.2, 0.25) is 0 Å². The predicted octanol–water partition coefficient (Wildman–Crippen LogP) is 4.28. The zero-order valence-corrected chi connectivity index (χ0v) is 14.8. The fourth-order valence-electron chi connectivity index (χ4n) is 3.51. The van der Waals surface area contributed by atoms with Crippen LogP contribution in [0.5, 0.6) is 0 Å². The average molecular weight is 339 g/mol. The fraction of sp³-hybridized carbons (Fsp3) is 0.316.